The SMILES string of the molecule is O=C1OCCCCOC(=O)c2cc(OCc3ccccc3)c(OCc3ccccc3)c3oc4c(OCc5ccccc5)c(OCc5ccccc5)cc1c4c23. The minimum Gasteiger partial charge on any atom is -0.485 e. The maximum absolute atomic E-state index is 14.1. The van der Waals surface area contributed by atoms with Gasteiger partial charge in [-0.2, -0.15) is 0 Å². The molecule has 8 rings (SSSR count). The number of benzene rings is 6. The van der Waals surface area contributed by atoms with E-state index in [0.717, 1.165) is 22.3 Å². The lowest BCUT2D eigenvalue weighted by Crippen LogP contribution is -2.13. The molecule has 0 radical (unpaired) electrons. The van der Waals surface area contributed by atoms with Gasteiger partial charge < -0.3 is 32.8 Å². The summed E-state index contributed by atoms with van der Waals surface area (Å²) < 4.78 is 44.4. The van der Waals surface area contributed by atoms with E-state index < -0.39 is 11.9 Å². The van der Waals surface area contributed by atoms with Gasteiger partial charge in [-0.05, 0) is 47.2 Å². The summed E-state index contributed by atoms with van der Waals surface area (Å²) in [5.41, 5.74) is 4.27. The first-order valence-corrected chi connectivity index (χ1v) is 18.2. The molecule has 0 bridgehead atoms. The molecular weight excluding hydrogens is 696 g/mol. The van der Waals surface area contributed by atoms with Crippen LogP contribution in [0.25, 0.3) is 21.9 Å². The van der Waals surface area contributed by atoms with Crippen molar-refractivity contribution in [1.82, 2.24) is 0 Å². The maximum Gasteiger partial charge on any atom is 0.339 e. The molecule has 0 saturated heterocycles. The number of furan rings is 1. The Kier molecular flexibility index (Phi) is 10.6. The van der Waals surface area contributed by atoms with E-state index in [9.17, 15) is 9.59 Å². The van der Waals surface area contributed by atoms with Crippen LogP contribution >= 0.6 is 0 Å². The molecule has 2 heterocycles. The van der Waals surface area contributed by atoms with Crippen LogP contribution in [0.15, 0.2) is 138 Å². The van der Waals surface area contributed by atoms with E-state index in [0.29, 0.717) is 23.6 Å². The number of rotatable bonds is 12. The number of ether oxygens (including phenoxy) is 6. The van der Waals surface area contributed by atoms with Crippen LogP contribution in [0, 0.1) is 0 Å². The Hall–Kier alpha value is -6.74. The van der Waals surface area contributed by atoms with Crippen molar-refractivity contribution >= 4 is 33.9 Å². The van der Waals surface area contributed by atoms with Crippen molar-refractivity contribution in [3.8, 4) is 23.0 Å². The maximum atomic E-state index is 14.1. The Labute approximate surface area is 317 Å². The van der Waals surface area contributed by atoms with Crippen molar-refractivity contribution < 1.29 is 42.4 Å². The zero-order chi connectivity index (χ0) is 37.4. The molecule has 0 N–H and O–H groups in total. The fraction of sp³-hybridized carbons (Fsp3) is 0.174. The lowest BCUT2D eigenvalue weighted by molar-refractivity contribution is 0.0432. The Morgan fingerprint density at radius 3 is 1.11 bits per heavy atom. The quantitative estimate of drug-likeness (QED) is 0.114. The third-order valence-corrected chi connectivity index (χ3v) is 9.23. The minimum atomic E-state index is -0.595. The van der Waals surface area contributed by atoms with Crippen LogP contribution in [-0.4, -0.2) is 25.2 Å². The highest BCUT2D eigenvalue weighted by Crippen LogP contribution is 2.50. The lowest BCUT2D eigenvalue weighted by Gasteiger charge is -2.17. The Bertz CT molecular complexity index is 2240. The molecule has 0 saturated carbocycles. The van der Waals surface area contributed by atoms with Crippen molar-refractivity contribution in [1.29, 1.82) is 0 Å². The van der Waals surface area contributed by atoms with Crippen LogP contribution < -0.4 is 18.9 Å². The van der Waals surface area contributed by atoms with Gasteiger partial charge in [-0.25, -0.2) is 9.59 Å². The molecule has 0 amide bonds. The van der Waals surface area contributed by atoms with E-state index in [1.165, 1.54) is 0 Å². The topological polar surface area (TPSA) is 103 Å². The van der Waals surface area contributed by atoms with Crippen LogP contribution in [0.1, 0.15) is 55.8 Å². The average Bonchev–Trinajstić information content (AvgIpc) is 3.63. The molecule has 0 spiro atoms. The summed E-state index contributed by atoms with van der Waals surface area (Å²) in [6.45, 7) is 0.963. The lowest BCUT2D eigenvalue weighted by atomic mass is 10.00. The second-order valence-corrected chi connectivity index (χ2v) is 13.1. The van der Waals surface area contributed by atoms with Gasteiger partial charge in [0, 0.05) is 10.8 Å². The Morgan fingerprint density at radius 1 is 0.436 bits per heavy atom. The first-order chi connectivity index (χ1) is 27.1. The molecular formula is C46H38O9. The highest BCUT2D eigenvalue weighted by molar-refractivity contribution is 6.23. The second kappa shape index (κ2) is 16.5. The van der Waals surface area contributed by atoms with E-state index in [-0.39, 0.29) is 84.9 Å². The molecule has 0 atom stereocenters. The van der Waals surface area contributed by atoms with Gasteiger partial charge in [-0.1, -0.05) is 121 Å². The third kappa shape index (κ3) is 7.96. The van der Waals surface area contributed by atoms with Gasteiger partial charge in [0.15, 0.2) is 22.7 Å². The summed E-state index contributed by atoms with van der Waals surface area (Å²) in [5.74, 6) is -0.168. The second-order valence-electron chi connectivity index (χ2n) is 13.1. The Morgan fingerprint density at radius 2 is 0.764 bits per heavy atom. The molecule has 1 aliphatic rings. The molecule has 0 aliphatic carbocycles. The first-order valence-electron chi connectivity index (χ1n) is 18.2. The monoisotopic (exact) mass is 734 g/mol. The summed E-state index contributed by atoms with van der Waals surface area (Å²) in [7, 11) is 0. The van der Waals surface area contributed by atoms with Crippen LogP contribution in [-0.2, 0) is 35.9 Å². The molecule has 7 aromatic rings. The predicted octanol–water partition coefficient (Wildman–Crippen LogP) is 10.0. The number of cyclic esters (lactones) is 2. The van der Waals surface area contributed by atoms with Gasteiger partial charge in [-0.15, -0.1) is 0 Å². The summed E-state index contributed by atoms with van der Waals surface area (Å²) in [6.07, 6.45) is 1.01. The zero-order valence-electron chi connectivity index (χ0n) is 30.0. The summed E-state index contributed by atoms with van der Waals surface area (Å²) in [6, 6.07) is 41.9. The average molecular weight is 735 g/mol. The predicted molar refractivity (Wildman–Crippen MR) is 207 cm³/mol. The minimum absolute atomic E-state index is 0.135. The number of hydrogen-bond donors (Lipinski definition) is 0. The fourth-order valence-corrected chi connectivity index (χ4v) is 6.46. The highest BCUT2D eigenvalue weighted by Gasteiger charge is 2.32. The van der Waals surface area contributed by atoms with Gasteiger partial charge in [0.1, 0.15) is 26.4 Å². The van der Waals surface area contributed by atoms with Crippen LogP contribution in [0.5, 0.6) is 23.0 Å². The van der Waals surface area contributed by atoms with E-state index in [1.807, 2.05) is 121 Å². The summed E-state index contributed by atoms with van der Waals surface area (Å²) in [4.78, 5) is 28.2. The van der Waals surface area contributed by atoms with Gasteiger partial charge in [0.2, 0.25) is 11.5 Å². The smallest absolute Gasteiger partial charge is 0.339 e. The van der Waals surface area contributed by atoms with Crippen molar-refractivity contribution in [3.63, 3.8) is 0 Å². The van der Waals surface area contributed by atoms with Gasteiger partial charge in [0.05, 0.1) is 24.3 Å². The zero-order valence-corrected chi connectivity index (χ0v) is 30.0. The van der Waals surface area contributed by atoms with Crippen molar-refractivity contribution in [2.24, 2.45) is 0 Å². The number of carbonyl (C=O) groups is 2. The summed E-state index contributed by atoms with van der Waals surface area (Å²) in [5, 5.41) is 0.614. The van der Waals surface area contributed by atoms with Gasteiger partial charge in [-0.3, -0.25) is 0 Å². The van der Waals surface area contributed by atoms with Crippen LogP contribution in [0.4, 0.5) is 0 Å². The standard InChI is InChI=1S/C46H38O9/c47-45-35-25-37(51-27-31-15-5-1-6-16-31)41(53-29-33-19-9-3-10-20-33)43-39(35)40-36(46(48)50-24-14-13-23-49-45)26-38(52-28-32-17-7-2-8-18-32)42(44(40)55-43)54-30-34-21-11-4-12-22-34/h1-12,15-22,25-26H,13-14,23-24,27-30H2. The molecule has 6 aromatic carbocycles. The van der Waals surface area contributed by atoms with Crippen molar-refractivity contribution in [2.45, 2.75) is 39.3 Å². The number of hydrogen-bond acceptors (Lipinski definition) is 9. The van der Waals surface area contributed by atoms with Gasteiger partial charge in [0.25, 0.3) is 0 Å². The normalized spacial score (nSPS) is 13.1. The largest absolute Gasteiger partial charge is 0.485 e. The molecule has 0 fully saturated rings. The first kappa shape index (κ1) is 35.3. The van der Waals surface area contributed by atoms with E-state index in [1.54, 1.807) is 12.1 Å². The van der Waals surface area contributed by atoms with E-state index in [2.05, 4.69) is 0 Å². The van der Waals surface area contributed by atoms with Crippen molar-refractivity contribution in [3.05, 3.63) is 167 Å². The molecule has 0 unspecified atom stereocenters. The Balaban J connectivity index is 1.37. The van der Waals surface area contributed by atoms with Crippen molar-refractivity contribution in [2.75, 3.05) is 13.2 Å². The number of esters is 2. The van der Waals surface area contributed by atoms with Crippen LogP contribution in [0.2, 0.25) is 0 Å². The summed E-state index contributed by atoms with van der Waals surface area (Å²) >= 11 is 0. The van der Waals surface area contributed by atoms with Gasteiger partial charge >= 0.3 is 11.9 Å². The molecule has 1 aromatic heterocycles. The van der Waals surface area contributed by atoms with E-state index >= 15 is 0 Å². The highest BCUT2D eigenvalue weighted by atomic mass is 16.5. The molecule has 55 heavy (non-hydrogen) atoms. The molecule has 276 valence electrons. The molecule has 9 nitrogen and oxygen atoms in total. The van der Waals surface area contributed by atoms with Crippen LogP contribution in [0.3, 0.4) is 0 Å². The molecule has 9 heteroatoms. The number of carbonyl (C=O) groups excluding carboxylic acids is 2. The van der Waals surface area contributed by atoms with E-state index in [4.69, 9.17) is 32.8 Å². The third-order valence-electron chi connectivity index (χ3n) is 9.23. The fourth-order valence-electron chi connectivity index (χ4n) is 6.46. The molecule has 1 aliphatic heterocycles.